The number of ketones is 1. The van der Waals surface area contributed by atoms with Crippen LogP contribution in [0.15, 0.2) is 39.3 Å². The average molecular weight is 413 g/mol. The normalized spacial score (nSPS) is 16.8. The number of aliphatic carboxylic acids is 1. The predicted octanol–water partition coefficient (Wildman–Crippen LogP) is 3.82. The molecule has 0 aliphatic carbocycles. The molecule has 6 heteroatoms. The quantitative estimate of drug-likeness (QED) is 0.779. The van der Waals surface area contributed by atoms with Gasteiger partial charge in [0.1, 0.15) is 5.69 Å². The van der Waals surface area contributed by atoms with Gasteiger partial charge in [-0.2, -0.15) is 0 Å². The van der Waals surface area contributed by atoms with Crippen molar-refractivity contribution in [3.63, 3.8) is 0 Å². The van der Waals surface area contributed by atoms with Crippen LogP contribution in [0.1, 0.15) is 34.1 Å². The predicted molar refractivity (Wildman–Crippen MR) is 84.7 cm³/mol. The van der Waals surface area contributed by atoms with Crippen molar-refractivity contribution in [2.45, 2.75) is 18.9 Å². The van der Waals surface area contributed by atoms with Gasteiger partial charge < -0.3 is 9.67 Å². The van der Waals surface area contributed by atoms with Gasteiger partial charge in [0.2, 0.25) is 5.78 Å². The fourth-order valence-corrected chi connectivity index (χ4v) is 4.01. The smallest absolute Gasteiger partial charge is 0.312 e. The van der Waals surface area contributed by atoms with E-state index in [-0.39, 0.29) is 5.78 Å². The third kappa shape index (κ3) is 2.26. The van der Waals surface area contributed by atoms with Crippen LogP contribution in [0.5, 0.6) is 0 Å². The van der Waals surface area contributed by atoms with Crippen LogP contribution >= 0.6 is 31.9 Å². The summed E-state index contributed by atoms with van der Waals surface area (Å²) in [5.74, 6) is -1.55. The summed E-state index contributed by atoms with van der Waals surface area (Å²) in [6, 6.07) is 8.98. The van der Waals surface area contributed by atoms with Crippen molar-refractivity contribution >= 4 is 43.6 Å². The topological polar surface area (TPSA) is 59.3 Å². The highest BCUT2D eigenvalue weighted by molar-refractivity contribution is 9.13. The molecule has 1 atom stereocenters. The van der Waals surface area contributed by atoms with Crippen molar-refractivity contribution in [3.05, 3.63) is 56.2 Å². The summed E-state index contributed by atoms with van der Waals surface area (Å²) in [4.78, 5) is 24.0. The molecule has 0 fully saturated rings. The summed E-state index contributed by atoms with van der Waals surface area (Å²) in [6.07, 6.45) is 0.506. The largest absolute Gasteiger partial charge is 0.481 e. The van der Waals surface area contributed by atoms with E-state index < -0.39 is 11.9 Å². The highest BCUT2D eigenvalue weighted by atomic mass is 79.9. The van der Waals surface area contributed by atoms with E-state index in [1.807, 2.05) is 22.8 Å². The van der Waals surface area contributed by atoms with Crippen molar-refractivity contribution < 1.29 is 14.7 Å². The van der Waals surface area contributed by atoms with E-state index in [0.717, 1.165) is 0 Å². The Hall–Kier alpha value is -1.40. The van der Waals surface area contributed by atoms with Crippen molar-refractivity contribution in [1.82, 2.24) is 4.57 Å². The molecular formula is C15H11Br2NO3. The zero-order chi connectivity index (χ0) is 15.1. The molecule has 1 unspecified atom stereocenters. The molecule has 1 aromatic heterocycles. The van der Waals surface area contributed by atoms with Crippen molar-refractivity contribution in [2.24, 2.45) is 0 Å². The molecule has 0 spiro atoms. The van der Waals surface area contributed by atoms with Crippen LogP contribution in [-0.4, -0.2) is 21.4 Å². The molecule has 4 nitrogen and oxygen atoms in total. The van der Waals surface area contributed by atoms with Crippen LogP contribution in [0.25, 0.3) is 0 Å². The summed E-state index contributed by atoms with van der Waals surface area (Å²) in [7, 11) is 0. The summed E-state index contributed by atoms with van der Waals surface area (Å²) in [6.45, 7) is 0.532. The summed E-state index contributed by atoms with van der Waals surface area (Å²) >= 11 is 6.84. The maximum absolute atomic E-state index is 12.7. The molecule has 1 aliphatic heterocycles. The van der Waals surface area contributed by atoms with E-state index in [0.29, 0.717) is 38.9 Å². The number of hydrogen-bond acceptors (Lipinski definition) is 2. The maximum Gasteiger partial charge on any atom is 0.312 e. The van der Waals surface area contributed by atoms with Gasteiger partial charge in [0.15, 0.2) is 0 Å². The van der Waals surface area contributed by atoms with Gasteiger partial charge in [-0.15, -0.1) is 0 Å². The molecule has 0 saturated carbocycles. The van der Waals surface area contributed by atoms with Gasteiger partial charge >= 0.3 is 5.97 Å². The van der Waals surface area contributed by atoms with Crippen LogP contribution in [0.3, 0.4) is 0 Å². The molecule has 0 radical (unpaired) electrons. The lowest BCUT2D eigenvalue weighted by Gasteiger charge is -2.06. The van der Waals surface area contributed by atoms with E-state index in [1.54, 1.807) is 12.1 Å². The van der Waals surface area contributed by atoms with Gasteiger partial charge in [-0.3, -0.25) is 9.59 Å². The van der Waals surface area contributed by atoms with Crippen LogP contribution in [0, 0.1) is 0 Å². The minimum Gasteiger partial charge on any atom is -0.481 e. The second-order valence-electron chi connectivity index (χ2n) is 4.89. The number of carbonyl (C=O) groups is 2. The first-order chi connectivity index (χ1) is 10.0. The Kier molecular flexibility index (Phi) is 3.75. The van der Waals surface area contributed by atoms with Crippen LogP contribution in [0.2, 0.25) is 0 Å². The highest BCUT2D eigenvalue weighted by Crippen LogP contribution is 2.43. The SMILES string of the molecule is O=C(c1ccccc1)c1c(Br)c(Br)c2n1CCC2C(=O)O. The summed E-state index contributed by atoms with van der Waals surface area (Å²) in [5, 5.41) is 9.31. The molecule has 3 rings (SSSR count). The van der Waals surface area contributed by atoms with Crippen LogP contribution in [0.4, 0.5) is 0 Å². The Balaban J connectivity index is 2.14. The number of halogens is 2. The van der Waals surface area contributed by atoms with Gasteiger partial charge in [-0.05, 0) is 38.3 Å². The van der Waals surface area contributed by atoms with E-state index >= 15 is 0 Å². The molecule has 21 heavy (non-hydrogen) atoms. The number of benzene rings is 1. The Morgan fingerprint density at radius 3 is 2.43 bits per heavy atom. The van der Waals surface area contributed by atoms with Gasteiger partial charge in [-0.1, -0.05) is 30.3 Å². The van der Waals surface area contributed by atoms with E-state index in [1.165, 1.54) is 0 Å². The zero-order valence-electron chi connectivity index (χ0n) is 10.8. The lowest BCUT2D eigenvalue weighted by molar-refractivity contribution is -0.138. The molecule has 108 valence electrons. The molecule has 2 heterocycles. The van der Waals surface area contributed by atoms with E-state index in [4.69, 9.17) is 0 Å². The van der Waals surface area contributed by atoms with Crippen LogP contribution in [-0.2, 0) is 11.3 Å². The maximum atomic E-state index is 12.7. The Morgan fingerprint density at radius 2 is 1.81 bits per heavy atom. The number of carboxylic acid groups (broad SMARTS) is 1. The first-order valence-corrected chi connectivity index (χ1v) is 8.01. The van der Waals surface area contributed by atoms with Gasteiger partial charge in [0.05, 0.1) is 14.9 Å². The summed E-state index contributed by atoms with van der Waals surface area (Å²) in [5.41, 5.74) is 1.75. The fourth-order valence-electron chi connectivity index (χ4n) is 2.73. The van der Waals surface area contributed by atoms with Crippen molar-refractivity contribution in [1.29, 1.82) is 0 Å². The van der Waals surface area contributed by atoms with Gasteiger partial charge in [0.25, 0.3) is 0 Å². The first kappa shape index (κ1) is 14.5. The van der Waals surface area contributed by atoms with E-state index in [9.17, 15) is 14.7 Å². The second-order valence-corrected chi connectivity index (χ2v) is 6.47. The zero-order valence-corrected chi connectivity index (χ0v) is 14.0. The van der Waals surface area contributed by atoms with Gasteiger partial charge in [-0.25, -0.2) is 0 Å². The minimum absolute atomic E-state index is 0.111. The lowest BCUT2D eigenvalue weighted by atomic mass is 10.1. The molecule has 1 aromatic carbocycles. The number of nitrogens with zero attached hydrogens (tertiary/aromatic N) is 1. The monoisotopic (exact) mass is 411 g/mol. The molecule has 1 N–H and O–H groups in total. The standard InChI is InChI=1S/C15H11Br2NO3/c16-10-11(17)13(14(19)8-4-2-1-3-5-8)18-7-6-9(12(10)18)15(20)21/h1-5,9H,6-7H2,(H,20,21). The molecular weight excluding hydrogens is 402 g/mol. The minimum atomic E-state index is -0.863. The third-order valence-corrected chi connectivity index (χ3v) is 5.81. The van der Waals surface area contributed by atoms with Crippen molar-refractivity contribution in [2.75, 3.05) is 0 Å². The molecule has 1 aliphatic rings. The number of aromatic nitrogens is 1. The number of hydrogen-bond donors (Lipinski definition) is 1. The molecule has 2 aromatic rings. The van der Waals surface area contributed by atoms with Gasteiger partial charge in [0, 0.05) is 17.8 Å². The first-order valence-electron chi connectivity index (χ1n) is 6.42. The Labute approximate surface area is 138 Å². The lowest BCUT2D eigenvalue weighted by Crippen LogP contribution is -2.10. The number of carbonyl (C=O) groups excluding carboxylic acids is 1. The summed E-state index contributed by atoms with van der Waals surface area (Å²) < 4.78 is 3.09. The number of rotatable bonds is 3. The molecule has 0 saturated heterocycles. The second kappa shape index (κ2) is 5.42. The van der Waals surface area contributed by atoms with Crippen LogP contribution < -0.4 is 0 Å². The highest BCUT2D eigenvalue weighted by Gasteiger charge is 2.37. The van der Waals surface area contributed by atoms with Crippen molar-refractivity contribution in [3.8, 4) is 0 Å². The Bertz CT molecular complexity index is 737. The number of fused-ring (bicyclic) bond motifs is 1. The molecule has 0 bridgehead atoms. The fraction of sp³-hybridized carbons (Fsp3) is 0.200. The Morgan fingerprint density at radius 1 is 1.14 bits per heavy atom. The number of carboxylic acids is 1. The third-order valence-electron chi connectivity index (χ3n) is 3.71. The van der Waals surface area contributed by atoms with E-state index in [2.05, 4.69) is 31.9 Å². The average Bonchev–Trinajstić information content (AvgIpc) is 3.00. The molecule has 0 amide bonds.